The number of carboxylic acids is 1. The van der Waals surface area contributed by atoms with Crippen molar-refractivity contribution in [3.8, 4) is 11.3 Å². The number of carbonyl (C=O) groups excluding carboxylic acids is 1. The van der Waals surface area contributed by atoms with Crippen molar-refractivity contribution in [3.63, 3.8) is 0 Å². The van der Waals surface area contributed by atoms with Crippen molar-refractivity contribution < 1.29 is 32.3 Å². The van der Waals surface area contributed by atoms with E-state index in [2.05, 4.69) is 30.7 Å². The highest BCUT2D eigenvalue weighted by molar-refractivity contribution is 6.03. The van der Waals surface area contributed by atoms with E-state index in [1.165, 1.54) is 24.7 Å². The molecule has 1 aromatic carbocycles. The smallest absolute Gasteiger partial charge is 0.475 e. The number of alkyl halides is 3. The number of halogens is 4. The van der Waals surface area contributed by atoms with Crippen LogP contribution in [0.2, 0.25) is 0 Å². The summed E-state index contributed by atoms with van der Waals surface area (Å²) in [6.07, 6.45) is -2.38. The fourth-order valence-corrected chi connectivity index (χ4v) is 1.71. The first kappa shape index (κ1) is 19.6. The zero-order chi connectivity index (χ0) is 20.0. The highest BCUT2D eigenvalue weighted by atomic mass is 19.4. The van der Waals surface area contributed by atoms with Crippen LogP contribution in [-0.2, 0) is 4.79 Å². The van der Waals surface area contributed by atoms with Crippen molar-refractivity contribution in [3.05, 3.63) is 48.4 Å². The Bertz CT molecular complexity index is 906. The van der Waals surface area contributed by atoms with Crippen LogP contribution in [0.4, 0.5) is 23.2 Å². The quantitative estimate of drug-likeness (QED) is 0.510. The predicted octanol–water partition coefficient (Wildman–Crippen LogP) is 2.22. The van der Waals surface area contributed by atoms with Crippen LogP contribution in [0, 0.1) is 5.82 Å². The normalized spacial score (nSPS) is 10.7. The minimum absolute atomic E-state index is 0.0938. The van der Waals surface area contributed by atoms with Gasteiger partial charge in [-0.1, -0.05) is 0 Å². The number of carboxylic acid groups (broad SMARTS) is 1. The molecule has 3 aromatic rings. The van der Waals surface area contributed by atoms with E-state index in [0.717, 1.165) is 0 Å². The number of hydrogen-bond donors (Lipinski definition) is 4. The Labute approximate surface area is 147 Å². The molecule has 27 heavy (non-hydrogen) atoms. The number of nitrogens with zero attached hydrogens (tertiary/aromatic N) is 3. The zero-order valence-electron chi connectivity index (χ0n) is 13.1. The largest absolute Gasteiger partial charge is 0.490 e. The maximum Gasteiger partial charge on any atom is 0.490 e. The molecule has 3 rings (SSSR count). The monoisotopic (exact) mass is 386 g/mol. The molecule has 0 radical (unpaired) electrons. The standard InChI is InChI=1S/C12H9FN6O.C2HF3O2/c13-8-3-1-7(2-4-8)10-9(5-15-18-10)17-12(20)11-14-6-16-19-11;3-2(4,5)1(6)7/h1-6H,(H,15,18)(H,17,20)(H,14,16,19);(H,6,7). The molecule has 0 saturated carbocycles. The van der Waals surface area contributed by atoms with E-state index in [4.69, 9.17) is 9.90 Å². The van der Waals surface area contributed by atoms with Gasteiger partial charge < -0.3 is 10.4 Å². The first-order chi connectivity index (χ1) is 12.7. The maximum atomic E-state index is 12.9. The van der Waals surface area contributed by atoms with Crippen LogP contribution in [0.3, 0.4) is 0 Å². The Morgan fingerprint density at radius 1 is 1.07 bits per heavy atom. The average Bonchev–Trinajstić information content (AvgIpc) is 3.27. The van der Waals surface area contributed by atoms with Crippen molar-refractivity contribution in [2.75, 3.05) is 5.32 Å². The summed E-state index contributed by atoms with van der Waals surface area (Å²) < 4.78 is 44.6. The summed E-state index contributed by atoms with van der Waals surface area (Å²) in [5.74, 6) is -3.43. The lowest BCUT2D eigenvalue weighted by molar-refractivity contribution is -0.192. The lowest BCUT2D eigenvalue weighted by Crippen LogP contribution is -2.21. The van der Waals surface area contributed by atoms with Crippen molar-refractivity contribution in [1.29, 1.82) is 0 Å². The van der Waals surface area contributed by atoms with E-state index >= 15 is 0 Å². The van der Waals surface area contributed by atoms with Crippen molar-refractivity contribution >= 4 is 17.6 Å². The number of benzene rings is 1. The molecule has 0 aliphatic carbocycles. The van der Waals surface area contributed by atoms with Crippen molar-refractivity contribution in [1.82, 2.24) is 25.4 Å². The maximum absolute atomic E-state index is 12.9. The van der Waals surface area contributed by atoms with E-state index in [1.54, 1.807) is 12.1 Å². The van der Waals surface area contributed by atoms with E-state index in [1.807, 2.05) is 0 Å². The van der Waals surface area contributed by atoms with Crippen LogP contribution in [-0.4, -0.2) is 48.5 Å². The van der Waals surface area contributed by atoms with Gasteiger partial charge in [-0.25, -0.2) is 14.2 Å². The molecule has 0 fully saturated rings. The average molecular weight is 386 g/mol. The molecule has 2 aromatic heterocycles. The number of rotatable bonds is 3. The molecule has 9 nitrogen and oxygen atoms in total. The summed E-state index contributed by atoms with van der Waals surface area (Å²) in [4.78, 5) is 24.5. The third-order valence-corrected chi connectivity index (χ3v) is 2.89. The second kappa shape index (κ2) is 8.07. The Kier molecular flexibility index (Phi) is 5.85. The second-order valence-electron chi connectivity index (χ2n) is 4.76. The minimum atomic E-state index is -5.08. The summed E-state index contributed by atoms with van der Waals surface area (Å²) in [6, 6.07) is 5.84. The molecule has 2 heterocycles. The minimum Gasteiger partial charge on any atom is -0.475 e. The Morgan fingerprint density at radius 3 is 2.22 bits per heavy atom. The van der Waals surface area contributed by atoms with E-state index in [9.17, 15) is 22.4 Å². The fourth-order valence-electron chi connectivity index (χ4n) is 1.71. The summed E-state index contributed by atoms with van der Waals surface area (Å²) in [5.41, 5.74) is 1.76. The molecular formula is C14H10F4N6O3. The molecule has 0 atom stereocenters. The fraction of sp³-hybridized carbons (Fsp3) is 0.0714. The third kappa shape index (κ3) is 5.35. The highest BCUT2D eigenvalue weighted by Gasteiger charge is 2.38. The molecule has 0 saturated heterocycles. The van der Waals surface area contributed by atoms with Gasteiger partial charge in [-0.15, -0.1) is 0 Å². The van der Waals surface area contributed by atoms with Crippen LogP contribution < -0.4 is 5.32 Å². The van der Waals surface area contributed by atoms with Gasteiger partial charge in [-0.2, -0.15) is 23.4 Å². The van der Waals surface area contributed by atoms with Crippen LogP contribution in [0.15, 0.2) is 36.8 Å². The van der Waals surface area contributed by atoms with Crippen LogP contribution in [0.25, 0.3) is 11.3 Å². The molecule has 1 amide bonds. The lowest BCUT2D eigenvalue weighted by Gasteiger charge is -2.04. The van der Waals surface area contributed by atoms with Crippen molar-refractivity contribution in [2.24, 2.45) is 0 Å². The lowest BCUT2D eigenvalue weighted by atomic mass is 10.1. The van der Waals surface area contributed by atoms with E-state index < -0.39 is 18.1 Å². The molecule has 13 heteroatoms. The summed E-state index contributed by atoms with van der Waals surface area (Å²) in [7, 11) is 0. The Morgan fingerprint density at radius 2 is 1.70 bits per heavy atom. The molecule has 0 bridgehead atoms. The van der Waals surface area contributed by atoms with E-state index in [-0.39, 0.29) is 11.6 Å². The number of anilines is 1. The number of amides is 1. The zero-order valence-corrected chi connectivity index (χ0v) is 13.1. The summed E-state index contributed by atoms with van der Waals surface area (Å²) >= 11 is 0. The van der Waals surface area contributed by atoms with Crippen LogP contribution >= 0.6 is 0 Å². The van der Waals surface area contributed by atoms with Gasteiger partial charge in [-0.3, -0.25) is 15.0 Å². The number of aromatic nitrogens is 5. The molecule has 0 aliphatic rings. The second-order valence-corrected chi connectivity index (χ2v) is 4.76. The van der Waals surface area contributed by atoms with Gasteiger partial charge in [0.05, 0.1) is 17.6 Å². The number of hydrogen-bond acceptors (Lipinski definition) is 5. The molecule has 0 aliphatic heterocycles. The Hall–Kier alpha value is -3.77. The topological polar surface area (TPSA) is 137 Å². The number of H-pyrrole nitrogens is 2. The first-order valence-corrected chi connectivity index (χ1v) is 6.94. The number of aliphatic carboxylic acids is 1. The molecule has 142 valence electrons. The first-order valence-electron chi connectivity index (χ1n) is 6.94. The van der Waals surface area contributed by atoms with Gasteiger partial charge >= 0.3 is 12.1 Å². The summed E-state index contributed by atoms with van der Waals surface area (Å²) in [6.45, 7) is 0. The Balaban J connectivity index is 0.000000321. The SMILES string of the molecule is O=C(Nc1cn[nH]c1-c1ccc(F)cc1)c1ncn[nH]1.O=C(O)C(F)(F)F. The molecule has 0 spiro atoms. The molecule has 0 unspecified atom stereocenters. The third-order valence-electron chi connectivity index (χ3n) is 2.89. The van der Waals surface area contributed by atoms with Gasteiger partial charge in [0.2, 0.25) is 5.82 Å². The number of nitrogens with one attached hydrogen (secondary N) is 3. The van der Waals surface area contributed by atoms with E-state index in [0.29, 0.717) is 16.9 Å². The highest BCUT2D eigenvalue weighted by Crippen LogP contribution is 2.25. The van der Waals surface area contributed by atoms with Gasteiger partial charge in [0, 0.05) is 5.56 Å². The molecule has 4 N–H and O–H groups in total. The van der Waals surface area contributed by atoms with Gasteiger partial charge in [-0.05, 0) is 24.3 Å². The van der Waals surface area contributed by atoms with Gasteiger partial charge in [0.15, 0.2) is 0 Å². The number of carbonyl (C=O) groups is 2. The van der Waals surface area contributed by atoms with Gasteiger partial charge in [0.1, 0.15) is 12.1 Å². The predicted molar refractivity (Wildman–Crippen MR) is 82.0 cm³/mol. The summed E-state index contributed by atoms with van der Waals surface area (Å²) in [5, 5.41) is 22.5. The van der Waals surface area contributed by atoms with Crippen LogP contribution in [0.5, 0.6) is 0 Å². The van der Waals surface area contributed by atoms with Crippen LogP contribution in [0.1, 0.15) is 10.6 Å². The molecular weight excluding hydrogens is 376 g/mol. The number of aromatic amines is 2. The van der Waals surface area contributed by atoms with Crippen molar-refractivity contribution in [2.45, 2.75) is 6.18 Å². The van der Waals surface area contributed by atoms with Gasteiger partial charge in [0.25, 0.3) is 5.91 Å².